The Hall–Kier alpha value is -4.66. The average molecular weight is 476 g/mol. The molecule has 0 aromatic heterocycles. The summed E-state index contributed by atoms with van der Waals surface area (Å²) in [6, 6.07) is 18.5. The van der Waals surface area contributed by atoms with Gasteiger partial charge in [-0.1, -0.05) is 24.3 Å². The summed E-state index contributed by atoms with van der Waals surface area (Å²) in [6.45, 7) is -0.494. The molecule has 3 rings (SSSR count). The van der Waals surface area contributed by atoms with Crippen molar-refractivity contribution in [2.24, 2.45) is 5.73 Å². The molecule has 0 unspecified atom stereocenters. The Morgan fingerprint density at radius 2 is 1.43 bits per heavy atom. The first-order valence-corrected chi connectivity index (χ1v) is 10.6. The van der Waals surface area contributed by atoms with Crippen LogP contribution in [0.4, 0.5) is 0 Å². The molecule has 0 spiro atoms. The van der Waals surface area contributed by atoms with Crippen LogP contribution in [0.15, 0.2) is 72.8 Å². The molecule has 0 aliphatic heterocycles. The highest BCUT2D eigenvalue weighted by molar-refractivity contribution is 6.05. The van der Waals surface area contributed by atoms with Crippen LogP contribution in [0.3, 0.4) is 0 Å². The molecule has 0 saturated carbocycles. The van der Waals surface area contributed by atoms with E-state index in [2.05, 4.69) is 5.32 Å². The van der Waals surface area contributed by atoms with Crippen molar-refractivity contribution in [2.45, 2.75) is 12.5 Å². The number of hydrogen-bond donors (Lipinski definition) is 4. The highest BCUT2D eigenvalue weighted by Crippen LogP contribution is 2.18. The number of carbonyl (C=O) groups excluding carboxylic acids is 2. The third kappa shape index (κ3) is 6.91. The number of Topliss-reactive ketones (excluding diaryl/α,β-unsaturated/α-hetero) is 1. The van der Waals surface area contributed by atoms with Crippen LogP contribution in [-0.2, 0) is 11.2 Å². The van der Waals surface area contributed by atoms with Gasteiger partial charge in [-0.2, -0.15) is 0 Å². The number of methoxy groups -OCH3 is 1. The zero-order valence-corrected chi connectivity index (χ0v) is 19.0. The molecule has 9 heteroatoms. The van der Waals surface area contributed by atoms with Gasteiger partial charge in [0, 0.05) is 23.1 Å². The van der Waals surface area contributed by atoms with Crippen LogP contribution in [0, 0.1) is 5.41 Å². The van der Waals surface area contributed by atoms with E-state index in [1.807, 2.05) is 12.1 Å². The number of nitrogen functional groups attached to an aromatic ring is 1. The third-order valence-electron chi connectivity index (χ3n) is 5.18. The molecular weight excluding hydrogens is 450 g/mol. The minimum Gasteiger partial charge on any atom is -0.497 e. The van der Waals surface area contributed by atoms with Crippen LogP contribution in [0.2, 0.25) is 0 Å². The molecule has 0 bridgehead atoms. The van der Waals surface area contributed by atoms with E-state index in [4.69, 9.17) is 25.7 Å². The summed E-state index contributed by atoms with van der Waals surface area (Å²) in [7, 11) is 1.56. The van der Waals surface area contributed by atoms with Crippen LogP contribution < -0.4 is 20.5 Å². The molecule has 3 aromatic carbocycles. The van der Waals surface area contributed by atoms with Crippen molar-refractivity contribution in [3.05, 3.63) is 95.1 Å². The van der Waals surface area contributed by atoms with Crippen molar-refractivity contribution in [1.82, 2.24) is 5.32 Å². The number of carbonyl (C=O) groups is 3. The summed E-state index contributed by atoms with van der Waals surface area (Å²) in [4.78, 5) is 36.9. The third-order valence-corrected chi connectivity index (χ3v) is 5.18. The van der Waals surface area contributed by atoms with Crippen molar-refractivity contribution in [3.8, 4) is 11.5 Å². The topological polar surface area (TPSA) is 152 Å². The normalized spacial score (nSPS) is 11.2. The van der Waals surface area contributed by atoms with Crippen LogP contribution >= 0.6 is 0 Å². The van der Waals surface area contributed by atoms with Gasteiger partial charge >= 0.3 is 5.97 Å². The lowest BCUT2D eigenvalue weighted by atomic mass is 9.97. The lowest BCUT2D eigenvalue weighted by molar-refractivity contribution is -0.139. The van der Waals surface area contributed by atoms with Crippen molar-refractivity contribution in [2.75, 3.05) is 13.7 Å². The van der Waals surface area contributed by atoms with Gasteiger partial charge in [-0.3, -0.25) is 15.0 Å². The van der Waals surface area contributed by atoms with Gasteiger partial charge in [0.1, 0.15) is 17.3 Å². The number of amidine groups is 1. The van der Waals surface area contributed by atoms with Crippen LogP contribution in [0.5, 0.6) is 11.5 Å². The molecule has 1 atom stereocenters. The maximum Gasteiger partial charge on any atom is 0.341 e. The van der Waals surface area contributed by atoms with Gasteiger partial charge in [-0.05, 0) is 54.1 Å². The zero-order valence-electron chi connectivity index (χ0n) is 19.0. The van der Waals surface area contributed by atoms with Crippen molar-refractivity contribution < 1.29 is 29.0 Å². The molecule has 180 valence electrons. The fraction of sp³-hybridized carbons (Fsp3) is 0.154. The zero-order chi connectivity index (χ0) is 25.4. The average Bonchev–Trinajstić information content (AvgIpc) is 2.87. The summed E-state index contributed by atoms with van der Waals surface area (Å²) >= 11 is 0. The Labute approximate surface area is 202 Å². The molecule has 1 amide bonds. The molecule has 0 aliphatic carbocycles. The minimum atomic E-state index is -1.11. The van der Waals surface area contributed by atoms with Gasteiger partial charge in [0.25, 0.3) is 5.91 Å². The van der Waals surface area contributed by atoms with Crippen LogP contribution in [0.25, 0.3) is 0 Å². The Bertz CT molecular complexity index is 1210. The predicted molar refractivity (Wildman–Crippen MR) is 129 cm³/mol. The molecule has 9 nitrogen and oxygen atoms in total. The van der Waals surface area contributed by atoms with E-state index >= 15 is 0 Å². The second-order valence-electron chi connectivity index (χ2n) is 7.64. The number of amides is 1. The van der Waals surface area contributed by atoms with Crippen molar-refractivity contribution >= 4 is 23.5 Å². The number of nitrogens with two attached hydrogens (primary N) is 1. The highest BCUT2D eigenvalue weighted by atomic mass is 16.5. The fourth-order valence-electron chi connectivity index (χ4n) is 3.31. The Morgan fingerprint density at radius 3 is 1.97 bits per heavy atom. The molecule has 0 fully saturated rings. The first-order valence-electron chi connectivity index (χ1n) is 10.6. The number of hydrogen-bond acceptors (Lipinski definition) is 6. The van der Waals surface area contributed by atoms with Gasteiger partial charge < -0.3 is 25.6 Å². The van der Waals surface area contributed by atoms with Gasteiger partial charge in [0.15, 0.2) is 12.4 Å². The molecule has 0 radical (unpaired) electrons. The second kappa shape index (κ2) is 11.5. The maximum absolute atomic E-state index is 13.3. The van der Waals surface area contributed by atoms with Gasteiger partial charge in [0.2, 0.25) is 0 Å². The monoisotopic (exact) mass is 475 g/mol. The molecule has 35 heavy (non-hydrogen) atoms. The van der Waals surface area contributed by atoms with E-state index in [-0.39, 0.29) is 18.0 Å². The Morgan fingerprint density at radius 1 is 0.886 bits per heavy atom. The van der Waals surface area contributed by atoms with Gasteiger partial charge in [0.05, 0.1) is 13.2 Å². The fourth-order valence-corrected chi connectivity index (χ4v) is 3.31. The van der Waals surface area contributed by atoms with E-state index in [1.165, 1.54) is 36.4 Å². The SMILES string of the molecule is COc1ccc(C[C@H](NC(=O)c2ccc(C(=N)N)cc2)C(=O)c2ccc(OCC(=O)O)cc2)cc1. The maximum atomic E-state index is 13.3. The Balaban J connectivity index is 1.82. The number of carboxylic acid groups (broad SMARTS) is 1. The lowest BCUT2D eigenvalue weighted by Crippen LogP contribution is -2.42. The molecular formula is C26H25N3O6. The molecule has 5 N–H and O–H groups in total. The first-order chi connectivity index (χ1) is 16.8. The lowest BCUT2D eigenvalue weighted by Gasteiger charge is -2.19. The van der Waals surface area contributed by atoms with E-state index in [9.17, 15) is 14.4 Å². The first kappa shape index (κ1) is 25.0. The second-order valence-corrected chi connectivity index (χ2v) is 7.64. The van der Waals surface area contributed by atoms with Crippen LogP contribution in [0.1, 0.15) is 31.8 Å². The van der Waals surface area contributed by atoms with E-state index in [0.717, 1.165) is 5.56 Å². The number of rotatable bonds is 11. The molecule has 0 saturated heterocycles. The standard InChI is InChI=1S/C26H25N3O6/c1-34-20-10-2-16(3-11-20)14-22(29-26(33)19-6-4-18(5-7-19)25(27)28)24(32)17-8-12-21(13-9-17)35-15-23(30)31/h2-13,22H,14-15H2,1H3,(H3,27,28)(H,29,33)(H,30,31)/t22-/m0/s1. The number of aliphatic carboxylic acids is 1. The van der Waals surface area contributed by atoms with Crippen molar-refractivity contribution in [3.63, 3.8) is 0 Å². The Kier molecular flexibility index (Phi) is 8.18. The number of nitrogens with one attached hydrogen (secondary N) is 2. The highest BCUT2D eigenvalue weighted by Gasteiger charge is 2.23. The summed E-state index contributed by atoms with van der Waals surface area (Å²) < 4.78 is 10.3. The van der Waals surface area contributed by atoms with Crippen molar-refractivity contribution in [1.29, 1.82) is 5.41 Å². The van der Waals surface area contributed by atoms with Gasteiger partial charge in [-0.25, -0.2) is 4.79 Å². The number of carboxylic acids is 1. The molecule has 3 aromatic rings. The summed E-state index contributed by atoms with van der Waals surface area (Å²) in [5, 5.41) is 19.0. The quantitative estimate of drug-likeness (QED) is 0.189. The largest absolute Gasteiger partial charge is 0.497 e. The van der Waals surface area contributed by atoms with E-state index in [1.54, 1.807) is 31.4 Å². The van der Waals surface area contributed by atoms with Crippen LogP contribution in [-0.4, -0.2) is 48.4 Å². The predicted octanol–water partition coefficient (Wildman–Crippen LogP) is 2.67. The van der Waals surface area contributed by atoms with E-state index < -0.39 is 24.5 Å². The summed E-state index contributed by atoms with van der Waals surface area (Å²) in [5.74, 6) is -1.01. The number of ether oxygens (including phenoxy) is 2. The minimum absolute atomic E-state index is 0.111. The number of benzene rings is 3. The van der Waals surface area contributed by atoms with E-state index in [0.29, 0.717) is 28.2 Å². The van der Waals surface area contributed by atoms with Gasteiger partial charge in [-0.15, -0.1) is 0 Å². The smallest absolute Gasteiger partial charge is 0.341 e. The summed E-state index contributed by atoms with van der Waals surface area (Å²) in [6.07, 6.45) is 0.233. The molecule has 0 aliphatic rings. The molecule has 0 heterocycles. The number of ketones is 1. The summed E-state index contributed by atoms with van der Waals surface area (Å²) in [5.41, 5.74) is 7.42.